The summed E-state index contributed by atoms with van der Waals surface area (Å²) >= 11 is 8.55. The zero-order chi connectivity index (χ0) is 14.1. The molecule has 20 heavy (non-hydrogen) atoms. The maximum atomic E-state index is 6.27. The molecule has 0 amide bonds. The Kier molecular flexibility index (Phi) is 3.89. The molecule has 4 nitrogen and oxygen atoms in total. The Bertz CT molecular complexity index is 740. The van der Waals surface area contributed by atoms with E-state index in [1.807, 2.05) is 13.0 Å². The first-order valence-electron chi connectivity index (χ1n) is 6.20. The van der Waals surface area contributed by atoms with Crippen LogP contribution in [-0.4, -0.2) is 19.5 Å². The van der Waals surface area contributed by atoms with Crippen molar-refractivity contribution in [2.75, 3.05) is 0 Å². The molecule has 0 aliphatic rings. The standard InChI is InChI=1S/C14H12ClIN4/c1-9(15)14-19-12-6-10(16)2-3-13(12)20(14)7-11-4-5-17-8-18-11/h2-6,8-9H,7H2,1H3. The molecular weight excluding hydrogens is 387 g/mol. The SMILES string of the molecule is CC(Cl)c1nc2cc(I)ccc2n1Cc1ccncn1. The van der Waals surface area contributed by atoms with E-state index < -0.39 is 0 Å². The van der Waals surface area contributed by atoms with Gasteiger partial charge in [-0.15, -0.1) is 11.6 Å². The van der Waals surface area contributed by atoms with E-state index in [2.05, 4.69) is 60.3 Å². The Morgan fingerprint density at radius 2 is 2.20 bits per heavy atom. The molecule has 3 rings (SSSR count). The number of rotatable bonds is 3. The predicted octanol–water partition coefficient (Wildman–Crippen LogP) is 3.78. The molecule has 1 atom stereocenters. The number of hydrogen-bond acceptors (Lipinski definition) is 3. The van der Waals surface area contributed by atoms with Gasteiger partial charge in [-0.05, 0) is 53.8 Å². The molecule has 0 fully saturated rings. The molecule has 0 saturated carbocycles. The average molecular weight is 399 g/mol. The van der Waals surface area contributed by atoms with Gasteiger partial charge in [0.05, 0.1) is 28.6 Å². The van der Waals surface area contributed by atoms with Gasteiger partial charge in [0.2, 0.25) is 0 Å². The highest BCUT2D eigenvalue weighted by Crippen LogP contribution is 2.26. The summed E-state index contributed by atoms with van der Waals surface area (Å²) in [6.07, 6.45) is 3.30. The van der Waals surface area contributed by atoms with Crippen molar-refractivity contribution in [2.45, 2.75) is 18.8 Å². The first-order chi connectivity index (χ1) is 9.65. The number of halogens is 2. The summed E-state index contributed by atoms with van der Waals surface area (Å²) in [7, 11) is 0. The number of alkyl halides is 1. The third kappa shape index (κ3) is 2.64. The molecule has 3 aromatic rings. The van der Waals surface area contributed by atoms with E-state index in [1.54, 1.807) is 12.5 Å². The molecule has 0 aliphatic heterocycles. The van der Waals surface area contributed by atoms with Crippen LogP contribution in [0.2, 0.25) is 0 Å². The minimum absolute atomic E-state index is 0.151. The second-order valence-electron chi connectivity index (χ2n) is 4.51. The van der Waals surface area contributed by atoms with Crippen LogP contribution in [0, 0.1) is 3.57 Å². The second-order valence-corrected chi connectivity index (χ2v) is 6.41. The Hall–Kier alpha value is -1.21. The lowest BCUT2D eigenvalue weighted by molar-refractivity contribution is 0.725. The van der Waals surface area contributed by atoms with Crippen molar-refractivity contribution in [1.29, 1.82) is 0 Å². The fraction of sp³-hybridized carbons (Fsp3) is 0.214. The minimum atomic E-state index is -0.151. The van der Waals surface area contributed by atoms with E-state index in [0.29, 0.717) is 6.54 Å². The van der Waals surface area contributed by atoms with Gasteiger partial charge >= 0.3 is 0 Å². The van der Waals surface area contributed by atoms with E-state index in [-0.39, 0.29) is 5.38 Å². The first kappa shape index (κ1) is 13.8. The molecule has 0 spiro atoms. The van der Waals surface area contributed by atoms with Gasteiger partial charge < -0.3 is 4.57 Å². The van der Waals surface area contributed by atoms with Crippen LogP contribution >= 0.6 is 34.2 Å². The predicted molar refractivity (Wildman–Crippen MR) is 87.9 cm³/mol. The monoisotopic (exact) mass is 398 g/mol. The van der Waals surface area contributed by atoms with Crippen molar-refractivity contribution < 1.29 is 0 Å². The highest BCUT2D eigenvalue weighted by molar-refractivity contribution is 14.1. The summed E-state index contributed by atoms with van der Waals surface area (Å²) in [4.78, 5) is 12.9. The molecule has 2 heterocycles. The van der Waals surface area contributed by atoms with Gasteiger partial charge in [-0.1, -0.05) is 0 Å². The number of nitrogens with zero attached hydrogens (tertiary/aromatic N) is 4. The fourth-order valence-electron chi connectivity index (χ4n) is 2.17. The van der Waals surface area contributed by atoms with Crippen molar-refractivity contribution >= 4 is 45.2 Å². The van der Waals surface area contributed by atoms with E-state index in [0.717, 1.165) is 26.1 Å². The van der Waals surface area contributed by atoms with Gasteiger partial charge in [0.15, 0.2) is 0 Å². The quantitative estimate of drug-likeness (QED) is 0.498. The van der Waals surface area contributed by atoms with Gasteiger partial charge in [0, 0.05) is 9.77 Å². The molecular formula is C14H12ClIN4. The molecule has 0 saturated heterocycles. The molecule has 1 unspecified atom stereocenters. The third-order valence-corrected chi connectivity index (χ3v) is 3.93. The Morgan fingerprint density at radius 1 is 1.35 bits per heavy atom. The Balaban J connectivity index is 2.14. The lowest BCUT2D eigenvalue weighted by atomic mass is 10.3. The normalized spacial score (nSPS) is 12.8. The van der Waals surface area contributed by atoms with Crippen molar-refractivity contribution in [3.8, 4) is 0 Å². The maximum absolute atomic E-state index is 6.27. The molecule has 6 heteroatoms. The van der Waals surface area contributed by atoms with E-state index in [1.165, 1.54) is 0 Å². The number of fused-ring (bicyclic) bond motifs is 1. The third-order valence-electron chi connectivity index (χ3n) is 3.06. The first-order valence-corrected chi connectivity index (χ1v) is 7.71. The average Bonchev–Trinajstić information content (AvgIpc) is 2.78. The number of hydrogen-bond donors (Lipinski definition) is 0. The van der Waals surface area contributed by atoms with Crippen LogP contribution in [-0.2, 0) is 6.54 Å². The highest BCUT2D eigenvalue weighted by Gasteiger charge is 2.15. The van der Waals surface area contributed by atoms with Gasteiger partial charge in [-0.3, -0.25) is 0 Å². The van der Waals surface area contributed by atoms with Gasteiger partial charge in [0.1, 0.15) is 12.2 Å². The van der Waals surface area contributed by atoms with Gasteiger partial charge in [0.25, 0.3) is 0 Å². The number of aromatic nitrogens is 4. The molecule has 0 aliphatic carbocycles. The molecule has 1 aromatic carbocycles. The topological polar surface area (TPSA) is 43.6 Å². The summed E-state index contributed by atoms with van der Waals surface area (Å²) < 4.78 is 3.28. The van der Waals surface area contributed by atoms with Crippen LogP contribution in [0.15, 0.2) is 36.8 Å². The smallest absolute Gasteiger partial charge is 0.128 e. The number of imidazole rings is 1. The van der Waals surface area contributed by atoms with Crippen molar-refractivity contribution in [2.24, 2.45) is 0 Å². The lowest BCUT2D eigenvalue weighted by Crippen LogP contribution is -2.07. The fourth-order valence-corrected chi connectivity index (χ4v) is 2.81. The summed E-state index contributed by atoms with van der Waals surface area (Å²) in [5.74, 6) is 0.863. The largest absolute Gasteiger partial charge is 0.321 e. The van der Waals surface area contributed by atoms with Crippen molar-refractivity contribution in [3.05, 3.63) is 51.9 Å². The summed E-state index contributed by atoms with van der Waals surface area (Å²) in [6, 6.07) is 8.12. The van der Waals surface area contributed by atoms with Crippen molar-refractivity contribution in [1.82, 2.24) is 19.5 Å². The molecule has 0 radical (unpaired) electrons. The summed E-state index contributed by atoms with van der Waals surface area (Å²) in [6.45, 7) is 2.58. The zero-order valence-corrected chi connectivity index (χ0v) is 13.7. The van der Waals surface area contributed by atoms with Gasteiger partial charge in [-0.2, -0.15) is 0 Å². The molecule has 102 valence electrons. The zero-order valence-electron chi connectivity index (χ0n) is 10.8. The summed E-state index contributed by atoms with van der Waals surface area (Å²) in [5.41, 5.74) is 2.98. The Morgan fingerprint density at radius 3 is 2.90 bits per heavy atom. The summed E-state index contributed by atoms with van der Waals surface area (Å²) in [5, 5.41) is -0.151. The molecule has 2 aromatic heterocycles. The van der Waals surface area contributed by atoms with E-state index in [4.69, 9.17) is 11.6 Å². The van der Waals surface area contributed by atoms with Crippen LogP contribution in [0.3, 0.4) is 0 Å². The number of benzene rings is 1. The maximum Gasteiger partial charge on any atom is 0.128 e. The van der Waals surface area contributed by atoms with Crippen LogP contribution < -0.4 is 0 Å². The lowest BCUT2D eigenvalue weighted by Gasteiger charge is -2.09. The van der Waals surface area contributed by atoms with E-state index >= 15 is 0 Å². The molecule has 0 N–H and O–H groups in total. The minimum Gasteiger partial charge on any atom is -0.321 e. The van der Waals surface area contributed by atoms with Crippen LogP contribution in [0.4, 0.5) is 0 Å². The van der Waals surface area contributed by atoms with Crippen LogP contribution in [0.1, 0.15) is 23.8 Å². The molecule has 0 bridgehead atoms. The second kappa shape index (κ2) is 5.65. The Labute approximate surface area is 135 Å². The van der Waals surface area contributed by atoms with E-state index in [9.17, 15) is 0 Å². The van der Waals surface area contributed by atoms with Crippen LogP contribution in [0.5, 0.6) is 0 Å². The highest BCUT2D eigenvalue weighted by atomic mass is 127. The van der Waals surface area contributed by atoms with Crippen molar-refractivity contribution in [3.63, 3.8) is 0 Å². The van der Waals surface area contributed by atoms with Gasteiger partial charge in [-0.25, -0.2) is 15.0 Å². The van der Waals surface area contributed by atoms with Crippen LogP contribution in [0.25, 0.3) is 11.0 Å².